The molecule has 4 rings (SSSR count). The Morgan fingerprint density at radius 2 is 2.18 bits per heavy atom. The van der Waals surface area contributed by atoms with Crippen LogP contribution in [0.1, 0.15) is 42.4 Å². The van der Waals surface area contributed by atoms with Crippen LogP contribution in [-0.2, 0) is 13.0 Å². The van der Waals surface area contributed by atoms with E-state index in [2.05, 4.69) is 27.3 Å². The zero-order valence-corrected chi connectivity index (χ0v) is 16.0. The number of nitrogens with one attached hydrogen (secondary N) is 3. The van der Waals surface area contributed by atoms with Gasteiger partial charge in [0, 0.05) is 19.3 Å². The topological polar surface area (TPSA) is 107 Å². The van der Waals surface area contributed by atoms with Crippen molar-refractivity contribution in [2.45, 2.75) is 38.3 Å². The molecule has 146 valence electrons. The van der Waals surface area contributed by atoms with Gasteiger partial charge in [0.15, 0.2) is 5.96 Å². The Labute approximate surface area is 164 Å². The van der Waals surface area contributed by atoms with Crippen LogP contribution in [0.2, 0.25) is 0 Å². The van der Waals surface area contributed by atoms with E-state index in [0.29, 0.717) is 6.54 Å². The molecule has 7 nitrogen and oxygen atoms in total. The summed E-state index contributed by atoms with van der Waals surface area (Å²) in [5, 5.41) is 10.2. The number of hydrogen-bond acceptors (Lipinski definition) is 4. The molecule has 1 aliphatic carbocycles. The van der Waals surface area contributed by atoms with E-state index in [1.807, 2.05) is 30.5 Å². The van der Waals surface area contributed by atoms with Gasteiger partial charge in [-0.1, -0.05) is 18.2 Å². The van der Waals surface area contributed by atoms with E-state index in [9.17, 15) is 0 Å². The summed E-state index contributed by atoms with van der Waals surface area (Å²) < 4.78 is 0. The lowest BCUT2D eigenvalue weighted by molar-refractivity contribution is 0.161. The third kappa shape index (κ3) is 4.14. The summed E-state index contributed by atoms with van der Waals surface area (Å²) in [4.78, 5) is 15.4. The Kier molecular flexibility index (Phi) is 5.53. The largest absolute Gasteiger partial charge is 0.370 e. The average molecular weight is 377 g/mol. The van der Waals surface area contributed by atoms with Crippen LogP contribution in [0.25, 0.3) is 11.0 Å². The Hall–Kier alpha value is -2.93. The molecule has 3 aromatic rings. The van der Waals surface area contributed by atoms with E-state index in [1.165, 1.54) is 17.7 Å². The highest BCUT2D eigenvalue weighted by molar-refractivity contribution is 5.74. The number of rotatable bonds is 7. The van der Waals surface area contributed by atoms with Crippen molar-refractivity contribution in [2.24, 2.45) is 5.73 Å². The summed E-state index contributed by atoms with van der Waals surface area (Å²) in [5.74, 6) is 0.997. The van der Waals surface area contributed by atoms with Crippen LogP contribution in [0.5, 0.6) is 0 Å². The molecule has 0 bridgehead atoms. The van der Waals surface area contributed by atoms with Crippen LogP contribution < -0.4 is 11.1 Å². The maximum Gasteiger partial charge on any atom is 0.185 e. The maximum atomic E-state index is 7.34. The minimum atomic E-state index is 0.0218. The highest BCUT2D eigenvalue weighted by Gasteiger charge is 2.27. The van der Waals surface area contributed by atoms with Gasteiger partial charge in [-0.25, -0.2) is 4.98 Å². The van der Waals surface area contributed by atoms with E-state index < -0.39 is 0 Å². The summed E-state index contributed by atoms with van der Waals surface area (Å²) in [6.07, 6.45) is 6.17. The van der Waals surface area contributed by atoms with Gasteiger partial charge in [-0.3, -0.25) is 15.3 Å². The number of guanidine groups is 1. The molecule has 0 saturated heterocycles. The predicted molar refractivity (Wildman–Crippen MR) is 111 cm³/mol. The Morgan fingerprint density at radius 1 is 1.29 bits per heavy atom. The Bertz CT molecular complexity index is 916. The second-order valence-corrected chi connectivity index (χ2v) is 7.32. The SMILES string of the molecule is N=C(N)NCCCN(Cc1nc2ccccc2[nH]1)[C@H]1CCCc2cccnc21. The zero-order chi connectivity index (χ0) is 19.3. The molecule has 0 spiro atoms. The van der Waals surface area contributed by atoms with Gasteiger partial charge in [0.1, 0.15) is 5.82 Å². The summed E-state index contributed by atoms with van der Waals surface area (Å²) in [5.41, 5.74) is 10.0. The first-order valence-corrected chi connectivity index (χ1v) is 9.90. The van der Waals surface area contributed by atoms with Crippen LogP contribution in [0.3, 0.4) is 0 Å². The fraction of sp³-hybridized carbons (Fsp3) is 0.381. The van der Waals surface area contributed by atoms with Crippen molar-refractivity contribution in [3.63, 3.8) is 0 Å². The third-order valence-electron chi connectivity index (χ3n) is 5.34. The molecule has 1 atom stereocenters. The number of aromatic nitrogens is 3. The molecule has 0 fully saturated rings. The molecular formula is C21H27N7. The van der Waals surface area contributed by atoms with Gasteiger partial charge in [0.25, 0.3) is 0 Å². The van der Waals surface area contributed by atoms with E-state index in [4.69, 9.17) is 21.1 Å². The summed E-state index contributed by atoms with van der Waals surface area (Å²) >= 11 is 0. The average Bonchev–Trinajstić information content (AvgIpc) is 3.12. The maximum absolute atomic E-state index is 7.34. The van der Waals surface area contributed by atoms with Crippen molar-refractivity contribution >= 4 is 17.0 Å². The number of fused-ring (bicyclic) bond motifs is 2. The quantitative estimate of drug-likeness (QED) is 0.288. The number of benzene rings is 1. The molecule has 2 aromatic heterocycles. The van der Waals surface area contributed by atoms with E-state index in [0.717, 1.165) is 49.2 Å². The monoisotopic (exact) mass is 377 g/mol. The minimum Gasteiger partial charge on any atom is -0.370 e. The number of nitrogens with two attached hydrogens (primary N) is 1. The Balaban J connectivity index is 1.56. The highest BCUT2D eigenvalue weighted by Crippen LogP contribution is 2.33. The molecule has 1 aromatic carbocycles. The molecule has 2 heterocycles. The van der Waals surface area contributed by atoms with Crippen LogP contribution >= 0.6 is 0 Å². The number of imidazole rings is 1. The Morgan fingerprint density at radius 3 is 3.04 bits per heavy atom. The van der Waals surface area contributed by atoms with Crippen molar-refractivity contribution in [2.75, 3.05) is 13.1 Å². The number of nitrogens with zero attached hydrogens (tertiary/aromatic N) is 3. The number of H-pyrrole nitrogens is 1. The molecule has 7 heteroatoms. The first-order chi connectivity index (χ1) is 13.7. The standard InChI is InChI=1S/C21H27N7/c22-21(23)25-12-5-13-28(14-19-26-16-8-1-2-9-17(16)27-19)18-10-3-6-15-7-4-11-24-20(15)18/h1-2,4,7-9,11,18H,3,5-6,10,12-14H2,(H,26,27)(H4,22,23,25)/t18-/m0/s1. The fourth-order valence-electron chi connectivity index (χ4n) is 4.06. The van der Waals surface area contributed by atoms with Gasteiger partial charge in [-0.2, -0.15) is 0 Å². The number of aromatic amines is 1. The second-order valence-electron chi connectivity index (χ2n) is 7.32. The van der Waals surface area contributed by atoms with E-state index in [1.54, 1.807) is 0 Å². The van der Waals surface area contributed by atoms with E-state index >= 15 is 0 Å². The molecule has 0 amide bonds. The second kappa shape index (κ2) is 8.39. The van der Waals surface area contributed by atoms with Crippen LogP contribution in [0.4, 0.5) is 0 Å². The molecule has 28 heavy (non-hydrogen) atoms. The summed E-state index contributed by atoms with van der Waals surface area (Å²) in [6, 6.07) is 12.6. The van der Waals surface area contributed by atoms with Crippen LogP contribution in [-0.4, -0.2) is 38.9 Å². The first kappa shape index (κ1) is 18.4. The van der Waals surface area contributed by atoms with Crippen molar-refractivity contribution in [3.8, 4) is 0 Å². The number of aryl methyl sites for hydroxylation is 1. The fourth-order valence-corrected chi connectivity index (χ4v) is 4.06. The van der Waals surface area contributed by atoms with Crippen molar-refractivity contribution in [1.29, 1.82) is 5.41 Å². The third-order valence-corrected chi connectivity index (χ3v) is 5.34. The van der Waals surface area contributed by atoms with Crippen LogP contribution in [0.15, 0.2) is 42.6 Å². The number of para-hydroxylation sites is 2. The van der Waals surface area contributed by atoms with Gasteiger partial charge in [-0.15, -0.1) is 0 Å². The van der Waals surface area contributed by atoms with Gasteiger partial charge in [0.2, 0.25) is 0 Å². The lowest BCUT2D eigenvalue weighted by Crippen LogP contribution is -2.36. The minimum absolute atomic E-state index is 0.0218. The lowest BCUT2D eigenvalue weighted by atomic mass is 9.90. The molecule has 1 aliphatic rings. The predicted octanol–water partition coefficient (Wildman–Crippen LogP) is 2.71. The number of pyridine rings is 1. The van der Waals surface area contributed by atoms with Gasteiger partial charge < -0.3 is 16.0 Å². The molecule has 0 saturated carbocycles. The van der Waals surface area contributed by atoms with Gasteiger partial charge >= 0.3 is 0 Å². The van der Waals surface area contributed by atoms with Crippen molar-refractivity contribution in [1.82, 2.24) is 25.2 Å². The van der Waals surface area contributed by atoms with Gasteiger partial charge in [0.05, 0.1) is 29.3 Å². The first-order valence-electron chi connectivity index (χ1n) is 9.90. The molecular weight excluding hydrogens is 350 g/mol. The molecule has 5 N–H and O–H groups in total. The number of hydrogen-bond donors (Lipinski definition) is 4. The van der Waals surface area contributed by atoms with Crippen LogP contribution in [0, 0.1) is 5.41 Å². The highest BCUT2D eigenvalue weighted by atomic mass is 15.2. The lowest BCUT2D eigenvalue weighted by Gasteiger charge is -2.34. The normalized spacial score (nSPS) is 16.2. The van der Waals surface area contributed by atoms with Crippen molar-refractivity contribution in [3.05, 3.63) is 59.7 Å². The van der Waals surface area contributed by atoms with E-state index in [-0.39, 0.29) is 12.0 Å². The summed E-state index contributed by atoms with van der Waals surface area (Å²) in [6.45, 7) is 2.32. The van der Waals surface area contributed by atoms with Gasteiger partial charge in [-0.05, 0) is 49.4 Å². The summed E-state index contributed by atoms with van der Waals surface area (Å²) in [7, 11) is 0. The molecule has 0 unspecified atom stereocenters. The zero-order valence-electron chi connectivity index (χ0n) is 16.0. The van der Waals surface area contributed by atoms with Crippen molar-refractivity contribution < 1.29 is 0 Å². The molecule has 0 radical (unpaired) electrons. The smallest absolute Gasteiger partial charge is 0.185 e. The molecule has 0 aliphatic heterocycles.